The lowest BCUT2D eigenvalue weighted by Crippen LogP contribution is -2.37. The molecule has 1 aliphatic rings. The molecule has 3 aromatic heterocycles. The minimum absolute atomic E-state index is 0.0441. The van der Waals surface area contributed by atoms with Crippen LogP contribution in [0.5, 0.6) is 0 Å². The van der Waals surface area contributed by atoms with E-state index in [1.807, 2.05) is 12.1 Å². The van der Waals surface area contributed by atoms with Crippen molar-refractivity contribution in [2.24, 2.45) is 0 Å². The molecule has 1 atom stereocenters. The molecule has 9 heteroatoms. The third-order valence-electron chi connectivity index (χ3n) is 4.16. The average Bonchev–Trinajstić information content (AvgIpc) is 3.36. The Labute approximate surface area is 159 Å². The van der Waals surface area contributed by atoms with E-state index in [0.717, 1.165) is 24.3 Å². The minimum Gasteiger partial charge on any atom is -0.354 e. The van der Waals surface area contributed by atoms with Crippen LogP contribution in [0, 0.1) is 6.92 Å². The maximum Gasteiger partial charge on any atom is 0.261 e. The highest BCUT2D eigenvalue weighted by atomic mass is 35.5. The second-order valence-corrected chi connectivity index (χ2v) is 7.75. The van der Waals surface area contributed by atoms with Gasteiger partial charge in [-0.05, 0) is 37.6 Å². The number of anilines is 1. The molecule has 0 bridgehead atoms. The zero-order valence-electron chi connectivity index (χ0n) is 14.0. The highest BCUT2D eigenvalue weighted by Crippen LogP contribution is 2.30. The number of hydrogen-bond donors (Lipinski definition) is 1. The summed E-state index contributed by atoms with van der Waals surface area (Å²) in [7, 11) is 0. The predicted octanol–water partition coefficient (Wildman–Crippen LogP) is 3.16. The van der Waals surface area contributed by atoms with Crippen molar-refractivity contribution in [1.29, 1.82) is 0 Å². The van der Waals surface area contributed by atoms with Gasteiger partial charge in [-0.25, -0.2) is 4.98 Å². The molecule has 1 N–H and O–H groups in total. The number of thiophene rings is 1. The standard InChI is InChI=1S/C17H16ClN5O2S/c1-10-20-17(25-22-10)12-3-2-7-19-15(12)23-8-6-11(9-23)21-16(24)13-4-5-14(18)26-13/h2-5,7,11H,6,8-9H2,1H3,(H,21,24)/t11-/m1/s1. The summed E-state index contributed by atoms with van der Waals surface area (Å²) in [6.45, 7) is 3.23. The van der Waals surface area contributed by atoms with Crippen LogP contribution in [0.4, 0.5) is 5.82 Å². The van der Waals surface area contributed by atoms with E-state index in [4.69, 9.17) is 16.1 Å². The average molecular weight is 390 g/mol. The van der Waals surface area contributed by atoms with E-state index in [9.17, 15) is 4.79 Å². The predicted molar refractivity (Wildman–Crippen MR) is 99.7 cm³/mol. The van der Waals surface area contributed by atoms with E-state index in [1.54, 1.807) is 25.3 Å². The van der Waals surface area contributed by atoms with Crippen LogP contribution >= 0.6 is 22.9 Å². The van der Waals surface area contributed by atoms with Crippen molar-refractivity contribution in [3.8, 4) is 11.5 Å². The van der Waals surface area contributed by atoms with E-state index in [1.165, 1.54) is 11.3 Å². The maximum absolute atomic E-state index is 12.3. The summed E-state index contributed by atoms with van der Waals surface area (Å²) in [5.41, 5.74) is 0.796. The summed E-state index contributed by atoms with van der Waals surface area (Å²) in [4.78, 5) is 23.9. The number of pyridine rings is 1. The maximum atomic E-state index is 12.3. The molecule has 0 aromatic carbocycles. The van der Waals surface area contributed by atoms with E-state index >= 15 is 0 Å². The van der Waals surface area contributed by atoms with Gasteiger partial charge in [-0.3, -0.25) is 4.79 Å². The van der Waals surface area contributed by atoms with Gasteiger partial charge in [-0.15, -0.1) is 11.3 Å². The molecular formula is C17H16ClN5O2S. The van der Waals surface area contributed by atoms with Crippen molar-refractivity contribution in [3.63, 3.8) is 0 Å². The Bertz CT molecular complexity index is 941. The Morgan fingerprint density at radius 1 is 1.42 bits per heavy atom. The second kappa shape index (κ2) is 7.05. The Balaban J connectivity index is 1.48. The van der Waals surface area contributed by atoms with Gasteiger partial charge in [0.05, 0.1) is 14.8 Å². The number of hydrogen-bond acceptors (Lipinski definition) is 7. The van der Waals surface area contributed by atoms with Crippen molar-refractivity contribution >= 4 is 34.7 Å². The molecule has 0 spiro atoms. The quantitative estimate of drug-likeness (QED) is 0.737. The molecule has 3 aromatic rings. The monoisotopic (exact) mass is 389 g/mol. The number of carbonyl (C=O) groups is 1. The Hall–Kier alpha value is -2.45. The minimum atomic E-state index is -0.0949. The number of halogens is 1. The van der Waals surface area contributed by atoms with Crippen molar-refractivity contribution in [3.05, 3.63) is 45.5 Å². The Kier molecular flexibility index (Phi) is 4.60. The normalized spacial score (nSPS) is 16.8. The smallest absolute Gasteiger partial charge is 0.261 e. The first kappa shape index (κ1) is 17.0. The largest absolute Gasteiger partial charge is 0.354 e. The van der Waals surface area contributed by atoms with Crippen LogP contribution in [-0.4, -0.2) is 40.2 Å². The summed E-state index contributed by atoms with van der Waals surface area (Å²) < 4.78 is 5.90. The third kappa shape index (κ3) is 3.42. The van der Waals surface area contributed by atoms with Crippen molar-refractivity contribution in [1.82, 2.24) is 20.4 Å². The second-order valence-electron chi connectivity index (χ2n) is 6.03. The molecule has 1 amide bonds. The fourth-order valence-electron chi connectivity index (χ4n) is 2.99. The molecule has 1 fully saturated rings. The van der Waals surface area contributed by atoms with E-state index in [0.29, 0.717) is 27.5 Å². The summed E-state index contributed by atoms with van der Waals surface area (Å²) in [6, 6.07) is 7.27. The molecule has 4 rings (SSSR count). The summed E-state index contributed by atoms with van der Waals surface area (Å²) in [5.74, 6) is 1.72. The first-order valence-electron chi connectivity index (χ1n) is 8.17. The molecule has 0 radical (unpaired) electrons. The highest BCUT2D eigenvalue weighted by molar-refractivity contribution is 7.18. The van der Waals surface area contributed by atoms with Gasteiger partial charge in [0.2, 0.25) is 0 Å². The van der Waals surface area contributed by atoms with Crippen molar-refractivity contribution in [2.45, 2.75) is 19.4 Å². The fourth-order valence-corrected chi connectivity index (χ4v) is 3.93. The van der Waals surface area contributed by atoms with Gasteiger partial charge in [-0.1, -0.05) is 16.8 Å². The molecule has 0 saturated carbocycles. The molecule has 134 valence electrons. The number of aryl methyl sites for hydroxylation is 1. The molecule has 0 unspecified atom stereocenters. The van der Waals surface area contributed by atoms with Gasteiger partial charge in [0.15, 0.2) is 5.82 Å². The fraction of sp³-hybridized carbons (Fsp3) is 0.294. The number of aromatic nitrogens is 3. The van der Waals surface area contributed by atoms with Crippen LogP contribution in [0.25, 0.3) is 11.5 Å². The zero-order chi connectivity index (χ0) is 18.1. The number of nitrogens with zero attached hydrogens (tertiary/aromatic N) is 4. The van der Waals surface area contributed by atoms with Crippen LogP contribution in [-0.2, 0) is 0 Å². The molecular weight excluding hydrogens is 374 g/mol. The van der Waals surface area contributed by atoms with Gasteiger partial charge < -0.3 is 14.7 Å². The molecule has 1 saturated heterocycles. The number of amides is 1. The van der Waals surface area contributed by atoms with Crippen LogP contribution in [0.15, 0.2) is 35.0 Å². The van der Waals surface area contributed by atoms with Crippen LogP contribution in [0.1, 0.15) is 21.9 Å². The summed E-state index contributed by atoms with van der Waals surface area (Å²) in [5, 5.41) is 6.92. The van der Waals surface area contributed by atoms with Crippen LogP contribution in [0.2, 0.25) is 4.34 Å². The molecule has 0 aliphatic carbocycles. The van der Waals surface area contributed by atoms with Crippen molar-refractivity contribution in [2.75, 3.05) is 18.0 Å². The molecule has 1 aliphatic heterocycles. The number of rotatable bonds is 4. The third-order valence-corrected chi connectivity index (χ3v) is 5.39. The highest BCUT2D eigenvalue weighted by Gasteiger charge is 2.28. The van der Waals surface area contributed by atoms with Crippen LogP contribution < -0.4 is 10.2 Å². The van der Waals surface area contributed by atoms with Crippen LogP contribution in [0.3, 0.4) is 0 Å². The topological polar surface area (TPSA) is 84.2 Å². The molecule has 7 nitrogen and oxygen atoms in total. The lowest BCUT2D eigenvalue weighted by atomic mass is 10.2. The van der Waals surface area contributed by atoms with E-state index in [2.05, 4.69) is 25.3 Å². The summed E-state index contributed by atoms with van der Waals surface area (Å²) >= 11 is 7.18. The Morgan fingerprint density at radius 2 is 2.31 bits per heavy atom. The van der Waals surface area contributed by atoms with Gasteiger partial charge in [0, 0.05) is 25.3 Å². The van der Waals surface area contributed by atoms with E-state index in [-0.39, 0.29) is 11.9 Å². The van der Waals surface area contributed by atoms with Gasteiger partial charge in [-0.2, -0.15) is 4.98 Å². The summed E-state index contributed by atoms with van der Waals surface area (Å²) in [6.07, 6.45) is 2.57. The molecule has 26 heavy (non-hydrogen) atoms. The zero-order valence-corrected chi connectivity index (χ0v) is 15.5. The van der Waals surface area contributed by atoms with Gasteiger partial charge in [0.25, 0.3) is 11.8 Å². The first-order chi connectivity index (χ1) is 12.6. The first-order valence-corrected chi connectivity index (χ1v) is 9.36. The Morgan fingerprint density at radius 3 is 3.04 bits per heavy atom. The van der Waals surface area contributed by atoms with E-state index < -0.39 is 0 Å². The van der Waals surface area contributed by atoms with Crippen molar-refractivity contribution < 1.29 is 9.32 Å². The molecule has 4 heterocycles. The SMILES string of the molecule is Cc1noc(-c2cccnc2N2CC[C@@H](NC(=O)c3ccc(Cl)s3)C2)n1. The lowest BCUT2D eigenvalue weighted by molar-refractivity contribution is 0.0944. The number of nitrogens with one attached hydrogen (secondary N) is 1. The van der Waals surface area contributed by atoms with Gasteiger partial charge in [0.1, 0.15) is 5.82 Å². The lowest BCUT2D eigenvalue weighted by Gasteiger charge is -2.19. The van der Waals surface area contributed by atoms with Gasteiger partial charge >= 0.3 is 0 Å². The number of carbonyl (C=O) groups excluding carboxylic acids is 1.